The van der Waals surface area contributed by atoms with E-state index >= 15 is 0 Å². The molecule has 0 bridgehead atoms. The fraction of sp³-hybridized carbons (Fsp3) is 0.405. The summed E-state index contributed by atoms with van der Waals surface area (Å²) in [6.45, 7) is 6.80. The van der Waals surface area contributed by atoms with Gasteiger partial charge in [0.2, 0.25) is 8.67 Å². The van der Waals surface area contributed by atoms with Gasteiger partial charge in [-0.1, -0.05) is 88.9 Å². The molecule has 4 heteroatoms. The topological polar surface area (TPSA) is 46.5 Å². The minimum Gasteiger partial charge on any atom is -0.508 e. The Bertz CT molecular complexity index is 1630. The molecule has 1 atom stereocenters. The molecule has 1 heterocycles. The summed E-state index contributed by atoms with van der Waals surface area (Å²) in [4.78, 5) is 0. The fourth-order valence-corrected chi connectivity index (χ4v) is 6.60. The first kappa shape index (κ1) is 29.3. The molecule has 3 nitrogen and oxygen atoms in total. The number of phenols is 1. The minimum atomic E-state index is 0.0350. The van der Waals surface area contributed by atoms with E-state index in [9.17, 15) is 0 Å². The van der Waals surface area contributed by atoms with Crippen molar-refractivity contribution < 1.29 is 13.5 Å². The van der Waals surface area contributed by atoms with Crippen molar-refractivity contribution in [2.45, 2.75) is 97.3 Å². The van der Waals surface area contributed by atoms with E-state index in [1.807, 2.05) is 30.3 Å². The summed E-state index contributed by atoms with van der Waals surface area (Å²) in [5, 5.41) is 13.9. The van der Waals surface area contributed by atoms with Crippen molar-refractivity contribution in [2.75, 3.05) is 0 Å². The molecule has 0 radical (unpaired) electrons. The second-order valence-electron chi connectivity index (χ2n) is 11.6. The Morgan fingerprint density at radius 1 is 0.707 bits per heavy atom. The largest absolute Gasteiger partial charge is 0.508 e. The molecule has 0 amide bonds. The van der Waals surface area contributed by atoms with E-state index < -0.39 is 0 Å². The van der Waals surface area contributed by atoms with E-state index in [1.165, 1.54) is 84.4 Å². The molecule has 1 unspecified atom stereocenters. The molecule has 0 spiro atoms. The Morgan fingerprint density at radius 2 is 1.37 bits per heavy atom. The lowest BCUT2D eigenvalue weighted by molar-refractivity contribution is 0.419. The summed E-state index contributed by atoms with van der Waals surface area (Å²) < 4.78 is 12.6. The zero-order chi connectivity index (χ0) is 28.6. The molecule has 1 aliphatic rings. The number of fused-ring (bicyclic) bond motifs is 4. The third kappa shape index (κ3) is 7.02. The molecular weight excluding hydrogens is 523 g/mol. The average Bonchev–Trinajstić information content (AvgIpc) is 3.14. The molecule has 0 saturated heterocycles. The number of aryl methyl sites for hydroxylation is 3. The van der Waals surface area contributed by atoms with Gasteiger partial charge in [-0.05, 0) is 108 Å². The highest BCUT2D eigenvalue weighted by molar-refractivity contribution is 7.15. The average molecular weight is 569 g/mol. The van der Waals surface area contributed by atoms with Gasteiger partial charge < -0.3 is 13.5 Å². The summed E-state index contributed by atoms with van der Waals surface area (Å²) >= 11 is 0. The molecule has 1 aliphatic carbocycles. The Morgan fingerprint density at radius 3 is 2.00 bits per heavy atom. The number of rotatable bonds is 9. The third-order valence-electron chi connectivity index (χ3n) is 8.44. The summed E-state index contributed by atoms with van der Waals surface area (Å²) in [7, 11) is 0.0350. The van der Waals surface area contributed by atoms with E-state index in [-0.39, 0.29) is 8.67 Å². The Kier molecular flexibility index (Phi) is 10.1. The van der Waals surface area contributed by atoms with Crippen LogP contribution in [0.5, 0.6) is 5.75 Å². The molecule has 6 rings (SSSR count). The minimum absolute atomic E-state index is 0.0350. The highest BCUT2D eigenvalue weighted by Crippen LogP contribution is 2.41. The standard InChI is InChI=1S/C27H37O2P.C10H8O/c1-4-7-11-21-15-19(10-6-3)16-24-25-18-23(20-13-9-14-20)17-22(12-8-5-2)27(25)29-30-28-26(21)24;11-10-6-5-8-3-1-2-4-9(8)7-10/h15-18,20,30H,4-14H2,1-3H3;1-7,11H. The van der Waals surface area contributed by atoms with Crippen LogP contribution in [0.25, 0.3) is 32.7 Å². The van der Waals surface area contributed by atoms with Gasteiger partial charge in [-0.25, -0.2) is 0 Å². The van der Waals surface area contributed by atoms with E-state index in [0.29, 0.717) is 5.75 Å². The molecule has 1 aromatic heterocycles. The summed E-state index contributed by atoms with van der Waals surface area (Å²) in [6, 6.07) is 23.0. The zero-order valence-electron chi connectivity index (χ0n) is 25.0. The van der Waals surface area contributed by atoms with Crippen molar-refractivity contribution >= 4 is 41.4 Å². The number of aromatic hydroxyl groups is 1. The lowest BCUT2D eigenvalue weighted by Crippen LogP contribution is -2.09. The van der Waals surface area contributed by atoms with Gasteiger partial charge in [0, 0.05) is 10.8 Å². The van der Waals surface area contributed by atoms with Crippen molar-refractivity contribution in [1.29, 1.82) is 0 Å². The van der Waals surface area contributed by atoms with E-state index in [1.54, 1.807) is 12.1 Å². The smallest absolute Gasteiger partial charge is 0.201 e. The van der Waals surface area contributed by atoms with E-state index in [4.69, 9.17) is 13.5 Å². The van der Waals surface area contributed by atoms with E-state index in [0.717, 1.165) is 47.1 Å². The van der Waals surface area contributed by atoms with Gasteiger partial charge >= 0.3 is 0 Å². The van der Waals surface area contributed by atoms with Crippen LogP contribution in [0, 0.1) is 0 Å². The van der Waals surface area contributed by atoms with Crippen LogP contribution in [-0.2, 0) is 19.3 Å². The van der Waals surface area contributed by atoms with Gasteiger partial charge in [0.05, 0.1) is 0 Å². The Hall–Kier alpha value is -3.16. The second kappa shape index (κ2) is 14.1. The highest BCUT2D eigenvalue weighted by Gasteiger charge is 2.22. The number of benzene rings is 4. The SMILES string of the molecule is CCCCc1cc(CCC)cc2c1o[pH]oc1c(CCCC)cc(C3CCC3)cc12.Oc1ccc2ccccc2c1. The maximum Gasteiger partial charge on any atom is 0.201 e. The molecule has 1 fully saturated rings. The molecule has 41 heavy (non-hydrogen) atoms. The molecular formula is C37H45O3P. The zero-order valence-corrected chi connectivity index (χ0v) is 26.0. The monoisotopic (exact) mass is 568 g/mol. The quantitative estimate of drug-likeness (QED) is 0.192. The van der Waals surface area contributed by atoms with Gasteiger partial charge in [0.15, 0.2) is 0 Å². The van der Waals surface area contributed by atoms with Gasteiger partial charge in [-0.15, -0.1) is 0 Å². The van der Waals surface area contributed by atoms with Crippen LogP contribution >= 0.6 is 8.67 Å². The summed E-state index contributed by atoms with van der Waals surface area (Å²) in [5.74, 6) is 1.05. The number of phenolic OH excluding ortho intramolecular Hbond substituents is 1. The maximum atomic E-state index is 9.13. The predicted octanol–water partition coefficient (Wildman–Crippen LogP) is 11.8. The number of unbranched alkanes of at least 4 members (excludes halogenated alkanes) is 2. The molecule has 5 aromatic rings. The van der Waals surface area contributed by atoms with Gasteiger partial charge in [0.25, 0.3) is 0 Å². The molecule has 1 N–H and O–H groups in total. The van der Waals surface area contributed by atoms with Crippen LogP contribution < -0.4 is 0 Å². The molecule has 216 valence electrons. The van der Waals surface area contributed by atoms with Crippen LogP contribution in [0.15, 0.2) is 75.1 Å². The van der Waals surface area contributed by atoms with Crippen LogP contribution in [0.2, 0.25) is 0 Å². The van der Waals surface area contributed by atoms with Crippen LogP contribution in [0.3, 0.4) is 0 Å². The normalized spacial score (nSPS) is 13.4. The van der Waals surface area contributed by atoms with Crippen molar-refractivity contribution in [3.63, 3.8) is 0 Å². The molecule has 4 aromatic carbocycles. The second-order valence-corrected chi connectivity index (χ2v) is 12.2. The van der Waals surface area contributed by atoms with Crippen molar-refractivity contribution in [1.82, 2.24) is 0 Å². The third-order valence-corrected chi connectivity index (χ3v) is 9.01. The molecule has 0 aliphatic heterocycles. The molecule has 1 saturated carbocycles. The summed E-state index contributed by atoms with van der Waals surface area (Å²) in [6.07, 6.45) is 13.3. The highest BCUT2D eigenvalue weighted by atomic mass is 31.1. The fourth-order valence-electron chi connectivity index (χ4n) is 5.91. The predicted molar refractivity (Wildman–Crippen MR) is 177 cm³/mol. The summed E-state index contributed by atoms with van der Waals surface area (Å²) in [5.41, 5.74) is 7.86. The first-order valence-corrected chi connectivity index (χ1v) is 16.5. The first-order valence-electron chi connectivity index (χ1n) is 15.7. The van der Waals surface area contributed by atoms with Gasteiger partial charge in [-0.3, -0.25) is 0 Å². The maximum absolute atomic E-state index is 9.13. The van der Waals surface area contributed by atoms with Crippen molar-refractivity contribution in [2.24, 2.45) is 0 Å². The van der Waals surface area contributed by atoms with Gasteiger partial charge in [-0.2, -0.15) is 0 Å². The number of hydrogen-bond acceptors (Lipinski definition) is 3. The lowest BCUT2D eigenvalue weighted by Gasteiger charge is -2.26. The van der Waals surface area contributed by atoms with Crippen LogP contribution in [0.1, 0.15) is 100 Å². The first-order chi connectivity index (χ1) is 20.1. The Balaban J connectivity index is 0.000000255. The van der Waals surface area contributed by atoms with Crippen LogP contribution in [0.4, 0.5) is 0 Å². The number of hydrogen-bond donors (Lipinski definition) is 1. The van der Waals surface area contributed by atoms with E-state index in [2.05, 4.69) is 45.0 Å². The lowest BCUT2D eigenvalue weighted by atomic mass is 9.79. The van der Waals surface area contributed by atoms with Crippen molar-refractivity contribution in [3.05, 3.63) is 89.0 Å². The van der Waals surface area contributed by atoms with Crippen molar-refractivity contribution in [3.8, 4) is 5.75 Å². The van der Waals surface area contributed by atoms with Crippen LogP contribution in [-0.4, -0.2) is 5.11 Å². The van der Waals surface area contributed by atoms with Gasteiger partial charge in [0.1, 0.15) is 16.9 Å². The Labute approximate surface area is 246 Å².